The van der Waals surface area contributed by atoms with E-state index in [0.717, 1.165) is 11.6 Å². The Labute approximate surface area is 144 Å². The molecule has 1 aliphatic heterocycles. The third-order valence-electron chi connectivity index (χ3n) is 5.56. The van der Waals surface area contributed by atoms with Gasteiger partial charge in [-0.05, 0) is 51.6 Å². The number of hydrogen-bond donors (Lipinski definition) is 0. The van der Waals surface area contributed by atoms with Crippen molar-refractivity contribution < 1.29 is 0 Å². The SMILES string of the molecule is C1CCC(n2nc(C3CC3)nc2CSCCN2CCCC2)CC1. The van der Waals surface area contributed by atoms with Gasteiger partial charge in [0.2, 0.25) is 0 Å². The van der Waals surface area contributed by atoms with Gasteiger partial charge in [0.15, 0.2) is 5.82 Å². The van der Waals surface area contributed by atoms with E-state index in [1.165, 1.54) is 89.0 Å². The zero-order valence-electron chi connectivity index (χ0n) is 14.3. The summed E-state index contributed by atoms with van der Waals surface area (Å²) < 4.78 is 2.33. The topological polar surface area (TPSA) is 34.0 Å². The van der Waals surface area contributed by atoms with Crippen LogP contribution < -0.4 is 0 Å². The van der Waals surface area contributed by atoms with Crippen LogP contribution in [0.5, 0.6) is 0 Å². The summed E-state index contributed by atoms with van der Waals surface area (Å²) in [6, 6.07) is 0.623. The summed E-state index contributed by atoms with van der Waals surface area (Å²) >= 11 is 2.05. The highest BCUT2D eigenvalue weighted by Gasteiger charge is 2.30. The molecule has 5 heteroatoms. The third kappa shape index (κ3) is 4.11. The predicted octanol–water partition coefficient (Wildman–Crippen LogP) is 3.99. The molecule has 1 aromatic rings. The molecule has 128 valence electrons. The highest BCUT2D eigenvalue weighted by atomic mass is 32.2. The molecule has 4 nitrogen and oxygen atoms in total. The average molecular weight is 335 g/mol. The number of rotatable bonds is 7. The van der Waals surface area contributed by atoms with Crippen LogP contribution in [0.3, 0.4) is 0 Å². The van der Waals surface area contributed by atoms with Gasteiger partial charge < -0.3 is 4.90 Å². The monoisotopic (exact) mass is 334 g/mol. The molecular formula is C18H30N4S. The van der Waals surface area contributed by atoms with Gasteiger partial charge in [-0.2, -0.15) is 16.9 Å². The standard InChI is InChI=1S/C18H30N4S/c1-2-6-16(7-3-1)22-17(19-18(20-22)15-8-9-15)14-23-13-12-21-10-4-5-11-21/h15-16H,1-14H2. The van der Waals surface area contributed by atoms with E-state index in [9.17, 15) is 0 Å². The molecule has 0 bridgehead atoms. The molecule has 2 aliphatic carbocycles. The third-order valence-corrected chi connectivity index (χ3v) is 6.50. The van der Waals surface area contributed by atoms with Gasteiger partial charge in [0.1, 0.15) is 5.82 Å². The first-order valence-corrected chi connectivity index (χ1v) is 10.8. The molecule has 0 unspecified atom stereocenters. The lowest BCUT2D eigenvalue weighted by Gasteiger charge is -2.23. The second-order valence-electron chi connectivity index (χ2n) is 7.50. The van der Waals surface area contributed by atoms with Gasteiger partial charge in [0.25, 0.3) is 0 Å². The number of hydrogen-bond acceptors (Lipinski definition) is 4. The van der Waals surface area contributed by atoms with E-state index in [-0.39, 0.29) is 0 Å². The van der Waals surface area contributed by atoms with Crippen LogP contribution >= 0.6 is 11.8 Å². The molecule has 2 saturated carbocycles. The molecule has 0 amide bonds. The minimum Gasteiger partial charge on any atom is -0.303 e. The fourth-order valence-corrected chi connectivity index (χ4v) is 4.88. The molecule has 3 aliphatic rings. The maximum absolute atomic E-state index is 4.93. The number of likely N-dealkylation sites (tertiary alicyclic amines) is 1. The summed E-state index contributed by atoms with van der Waals surface area (Å²) in [7, 11) is 0. The lowest BCUT2D eigenvalue weighted by atomic mass is 9.96. The van der Waals surface area contributed by atoms with E-state index in [0.29, 0.717) is 12.0 Å². The first kappa shape index (κ1) is 15.9. The fraction of sp³-hybridized carbons (Fsp3) is 0.889. The average Bonchev–Trinajstić information content (AvgIpc) is 3.15. The van der Waals surface area contributed by atoms with Crippen molar-refractivity contribution in [1.82, 2.24) is 19.7 Å². The molecule has 0 atom stereocenters. The minimum atomic E-state index is 0.623. The zero-order chi connectivity index (χ0) is 15.5. The summed E-state index contributed by atoms with van der Waals surface area (Å²) in [5.74, 6) is 5.35. The van der Waals surface area contributed by atoms with Crippen molar-refractivity contribution in [2.45, 2.75) is 75.5 Å². The highest BCUT2D eigenvalue weighted by molar-refractivity contribution is 7.98. The van der Waals surface area contributed by atoms with E-state index in [1.54, 1.807) is 0 Å². The van der Waals surface area contributed by atoms with Crippen molar-refractivity contribution in [2.24, 2.45) is 0 Å². The van der Waals surface area contributed by atoms with Crippen LogP contribution in [0.1, 0.15) is 81.4 Å². The van der Waals surface area contributed by atoms with Gasteiger partial charge in [-0.1, -0.05) is 19.3 Å². The van der Waals surface area contributed by atoms with Crippen LogP contribution in [0.4, 0.5) is 0 Å². The van der Waals surface area contributed by atoms with Crippen molar-refractivity contribution in [3.8, 4) is 0 Å². The van der Waals surface area contributed by atoms with Gasteiger partial charge >= 0.3 is 0 Å². The molecule has 4 rings (SSSR count). The Bertz CT molecular complexity index is 499. The molecule has 23 heavy (non-hydrogen) atoms. The fourth-order valence-electron chi connectivity index (χ4n) is 3.97. The zero-order valence-corrected chi connectivity index (χ0v) is 15.1. The van der Waals surface area contributed by atoms with Crippen LogP contribution in [0, 0.1) is 0 Å². The van der Waals surface area contributed by atoms with Gasteiger partial charge in [-0.25, -0.2) is 9.67 Å². The first-order chi connectivity index (χ1) is 11.4. The van der Waals surface area contributed by atoms with Gasteiger partial charge in [-0.3, -0.25) is 0 Å². The van der Waals surface area contributed by atoms with Crippen LogP contribution in [0.2, 0.25) is 0 Å². The maximum Gasteiger partial charge on any atom is 0.154 e. The lowest BCUT2D eigenvalue weighted by Crippen LogP contribution is -2.22. The Balaban J connectivity index is 1.35. The highest BCUT2D eigenvalue weighted by Crippen LogP contribution is 2.39. The number of aromatic nitrogens is 3. The van der Waals surface area contributed by atoms with E-state index >= 15 is 0 Å². The van der Waals surface area contributed by atoms with E-state index in [4.69, 9.17) is 10.1 Å². The molecule has 0 radical (unpaired) electrons. The van der Waals surface area contributed by atoms with E-state index in [2.05, 4.69) is 21.3 Å². The maximum atomic E-state index is 4.93. The molecule has 0 aromatic carbocycles. The van der Waals surface area contributed by atoms with Crippen LogP contribution in [0.25, 0.3) is 0 Å². The number of thioether (sulfide) groups is 1. The Kier molecular flexibility index (Phi) is 5.24. The summed E-state index contributed by atoms with van der Waals surface area (Å²) in [6.45, 7) is 3.87. The van der Waals surface area contributed by atoms with Crippen LogP contribution in [0.15, 0.2) is 0 Å². The van der Waals surface area contributed by atoms with Crippen molar-refractivity contribution in [3.63, 3.8) is 0 Å². The molecular weight excluding hydrogens is 304 g/mol. The summed E-state index contributed by atoms with van der Waals surface area (Å²) in [4.78, 5) is 7.54. The second kappa shape index (κ2) is 7.56. The van der Waals surface area contributed by atoms with Crippen molar-refractivity contribution >= 4 is 11.8 Å². The lowest BCUT2D eigenvalue weighted by molar-refractivity contribution is 0.322. The largest absolute Gasteiger partial charge is 0.303 e. The molecule has 2 heterocycles. The molecule has 1 aromatic heterocycles. The predicted molar refractivity (Wildman–Crippen MR) is 96.0 cm³/mol. The van der Waals surface area contributed by atoms with Crippen molar-refractivity contribution in [2.75, 3.05) is 25.4 Å². The van der Waals surface area contributed by atoms with E-state index in [1.807, 2.05) is 0 Å². The summed E-state index contributed by atoms with van der Waals surface area (Å²) in [5, 5.41) is 4.93. The second-order valence-corrected chi connectivity index (χ2v) is 8.60. The minimum absolute atomic E-state index is 0.623. The van der Waals surface area contributed by atoms with Crippen LogP contribution in [-0.2, 0) is 5.75 Å². The smallest absolute Gasteiger partial charge is 0.154 e. The molecule has 3 fully saturated rings. The Morgan fingerprint density at radius 2 is 1.74 bits per heavy atom. The molecule has 1 saturated heterocycles. The van der Waals surface area contributed by atoms with Gasteiger partial charge in [-0.15, -0.1) is 0 Å². The quantitative estimate of drug-likeness (QED) is 0.706. The number of nitrogens with zero attached hydrogens (tertiary/aromatic N) is 4. The summed E-state index contributed by atoms with van der Waals surface area (Å²) in [5.41, 5.74) is 0. The Hall–Kier alpha value is -0.550. The summed E-state index contributed by atoms with van der Waals surface area (Å²) in [6.07, 6.45) is 12.1. The Morgan fingerprint density at radius 3 is 2.48 bits per heavy atom. The molecule has 0 spiro atoms. The Morgan fingerprint density at radius 1 is 0.957 bits per heavy atom. The first-order valence-electron chi connectivity index (χ1n) is 9.65. The van der Waals surface area contributed by atoms with E-state index < -0.39 is 0 Å². The molecule has 0 N–H and O–H groups in total. The van der Waals surface area contributed by atoms with Crippen molar-refractivity contribution in [1.29, 1.82) is 0 Å². The van der Waals surface area contributed by atoms with Gasteiger partial charge in [0.05, 0.1) is 11.8 Å². The van der Waals surface area contributed by atoms with Gasteiger partial charge in [0, 0.05) is 18.2 Å². The van der Waals surface area contributed by atoms with Crippen LogP contribution in [-0.4, -0.2) is 45.1 Å². The normalized spacial score (nSPS) is 23.7. The van der Waals surface area contributed by atoms with Crippen molar-refractivity contribution in [3.05, 3.63) is 11.6 Å².